The normalized spacial score (nSPS) is 14.4. The lowest BCUT2D eigenvalue weighted by Gasteiger charge is -2.27. The first-order chi connectivity index (χ1) is 7.70. The van der Waals surface area contributed by atoms with E-state index in [4.69, 9.17) is 0 Å². The fraction of sp³-hybridized carbons (Fsp3) is 0.533. The van der Waals surface area contributed by atoms with Crippen molar-refractivity contribution in [1.82, 2.24) is 0 Å². The van der Waals surface area contributed by atoms with Crippen molar-refractivity contribution in [2.45, 2.75) is 46.0 Å². The topological polar surface area (TPSA) is 17.1 Å². The lowest BCUT2D eigenvalue weighted by Crippen LogP contribution is -2.20. The summed E-state index contributed by atoms with van der Waals surface area (Å²) >= 11 is 0. The maximum Gasteiger partial charge on any atom is 0.120 e. The minimum Gasteiger partial charge on any atom is -0.303 e. The third-order valence-electron chi connectivity index (χ3n) is 3.18. The number of unbranched alkanes of at least 4 members (excludes halogenated alkanes) is 1. The van der Waals surface area contributed by atoms with Crippen molar-refractivity contribution in [1.29, 1.82) is 0 Å². The number of aldehydes is 1. The number of carbonyl (C=O) groups is 1. The van der Waals surface area contributed by atoms with E-state index in [2.05, 4.69) is 38.1 Å². The average Bonchev–Trinajstić information content (AvgIpc) is 2.28. The quantitative estimate of drug-likeness (QED) is 0.632. The molecular formula is C15H22O. The molecule has 0 N–H and O–H groups in total. The van der Waals surface area contributed by atoms with Gasteiger partial charge in [0.2, 0.25) is 0 Å². The molecule has 16 heavy (non-hydrogen) atoms. The molecule has 0 spiro atoms. The Kier molecular flexibility index (Phi) is 5.24. The number of carbonyl (C=O) groups excluding carboxylic acids is 1. The molecule has 1 aromatic rings. The average molecular weight is 218 g/mol. The van der Waals surface area contributed by atoms with E-state index in [1.54, 1.807) is 0 Å². The summed E-state index contributed by atoms with van der Waals surface area (Å²) in [6, 6.07) is 10.5. The van der Waals surface area contributed by atoms with Crippen molar-refractivity contribution in [2.24, 2.45) is 5.41 Å². The molecule has 0 heterocycles. The first-order valence-corrected chi connectivity index (χ1v) is 6.18. The molecule has 0 bridgehead atoms. The Morgan fingerprint density at radius 1 is 1.25 bits per heavy atom. The van der Waals surface area contributed by atoms with Crippen LogP contribution in [-0.2, 0) is 11.2 Å². The fourth-order valence-corrected chi connectivity index (χ4v) is 2.16. The maximum absolute atomic E-state index is 10.8. The van der Waals surface area contributed by atoms with E-state index in [1.165, 1.54) is 18.4 Å². The molecule has 0 saturated heterocycles. The number of benzene rings is 1. The van der Waals surface area contributed by atoms with Crippen molar-refractivity contribution in [3.8, 4) is 0 Å². The lowest BCUT2D eigenvalue weighted by molar-refractivity contribution is -0.109. The Balaban J connectivity index is 2.66. The van der Waals surface area contributed by atoms with Crippen LogP contribution in [0.3, 0.4) is 0 Å². The van der Waals surface area contributed by atoms with E-state index in [-0.39, 0.29) is 5.41 Å². The summed E-state index contributed by atoms with van der Waals surface area (Å²) in [5, 5.41) is 0. The van der Waals surface area contributed by atoms with Gasteiger partial charge in [-0.2, -0.15) is 0 Å². The first-order valence-electron chi connectivity index (χ1n) is 6.18. The van der Waals surface area contributed by atoms with Gasteiger partial charge < -0.3 is 4.79 Å². The molecule has 1 rings (SSSR count). The molecule has 0 aliphatic heterocycles. The van der Waals surface area contributed by atoms with Crippen molar-refractivity contribution < 1.29 is 4.79 Å². The predicted octanol–water partition coefficient (Wildman–Crippen LogP) is 4.01. The van der Waals surface area contributed by atoms with Crippen molar-refractivity contribution >= 4 is 6.29 Å². The number of hydrogen-bond donors (Lipinski definition) is 0. The standard InChI is InChI=1S/C15H22O/c1-3-4-10-15(2,11-12-16)13-14-8-6-5-7-9-14/h5-9,12H,3-4,10-11,13H2,1-2H3. The van der Waals surface area contributed by atoms with Gasteiger partial charge in [-0.3, -0.25) is 0 Å². The highest BCUT2D eigenvalue weighted by Gasteiger charge is 2.23. The van der Waals surface area contributed by atoms with E-state index in [1.807, 2.05) is 6.07 Å². The van der Waals surface area contributed by atoms with Crippen LogP contribution in [0.4, 0.5) is 0 Å². The van der Waals surface area contributed by atoms with Crippen LogP contribution < -0.4 is 0 Å². The van der Waals surface area contributed by atoms with Crippen molar-refractivity contribution in [3.05, 3.63) is 35.9 Å². The van der Waals surface area contributed by atoms with Gasteiger partial charge in [0.15, 0.2) is 0 Å². The van der Waals surface area contributed by atoms with E-state index in [0.29, 0.717) is 6.42 Å². The van der Waals surface area contributed by atoms with Gasteiger partial charge in [0.1, 0.15) is 6.29 Å². The summed E-state index contributed by atoms with van der Waals surface area (Å²) in [7, 11) is 0. The maximum atomic E-state index is 10.8. The zero-order chi connectivity index (χ0) is 11.9. The molecule has 0 fully saturated rings. The molecule has 1 heteroatoms. The smallest absolute Gasteiger partial charge is 0.120 e. The third-order valence-corrected chi connectivity index (χ3v) is 3.18. The van der Waals surface area contributed by atoms with E-state index in [0.717, 1.165) is 19.1 Å². The minimum atomic E-state index is 0.138. The van der Waals surface area contributed by atoms with E-state index in [9.17, 15) is 4.79 Å². The van der Waals surface area contributed by atoms with Gasteiger partial charge in [0, 0.05) is 6.42 Å². The van der Waals surface area contributed by atoms with Gasteiger partial charge in [0.25, 0.3) is 0 Å². The van der Waals surface area contributed by atoms with Crippen LogP contribution >= 0.6 is 0 Å². The Bertz CT molecular complexity index is 304. The lowest BCUT2D eigenvalue weighted by atomic mass is 9.77. The Hall–Kier alpha value is -1.11. The molecule has 0 aliphatic carbocycles. The Morgan fingerprint density at radius 3 is 2.50 bits per heavy atom. The number of hydrogen-bond acceptors (Lipinski definition) is 1. The van der Waals surface area contributed by atoms with Gasteiger partial charge in [0.05, 0.1) is 0 Å². The Labute approximate surface area is 98.9 Å². The summed E-state index contributed by atoms with van der Waals surface area (Å²) in [5.74, 6) is 0. The molecule has 1 aromatic carbocycles. The summed E-state index contributed by atoms with van der Waals surface area (Å²) in [4.78, 5) is 10.8. The van der Waals surface area contributed by atoms with Crippen LogP contribution in [0.15, 0.2) is 30.3 Å². The van der Waals surface area contributed by atoms with E-state index >= 15 is 0 Å². The number of rotatable bonds is 7. The second-order valence-corrected chi connectivity index (χ2v) is 4.95. The van der Waals surface area contributed by atoms with Gasteiger partial charge in [-0.05, 0) is 23.8 Å². The molecule has 0 radical (unpaired) electrons. The predicted molar refractivity (Wildman–Crippen MR) is 68.5 cm³/mol. The molecule has 0 aliphatic rings. The third kappa shape index (κ3) is 4.18. The molecule has 1 unspecified atom stereocenters. The van der Waals surface area contributed by atoms with Crippen LogP contribution in [0.5, 0.6) is 0 Å². The van der Waals surface area contributed by atoms with Crippen LogP contribution in [0.1, 0.15) is 45.1 Å². The van der Waals surface area contributed by atoms with Crippen LogP contribution in [0.2, 0.25) is 0 Å². The zero-order valence-electron chi connectivity index (χ0n) is 10.4. The van der Waals surface area contributed by atoms with Gasteiger partial charge >= 0.3 is 0 Å². The highest BCUT2D eigenvalue weighted by molar-refractivity contribution is 5.50. The summed E-state index contributed by atoms with van der Waals surface area (Å²) in [5.41, 5.74) is 1.47. The second kappa shape index (κ2) is 6.47. The molecule has 0 saturated carbocycles. The highest BCUT2D eigenvalue weighted by atomic mass is 16.1. The monoisotopic (exact) mass is 218 g/mol. The summed E-state index contributed by atoms with van der Waals surface area (Å²) in [6.45, 7) is 4.42. The molecule has 0 amide bonds. The first kappa shape index (κ1) is 13.0. The highest BCUT2D eigenvalue weighted by Crippen LogP contribution is 2.31. The minimum absolute atomic E-state index is 0.138. The molecule has 1 nitrogen and oxygen atoms in total. The van der Waals surface area contributed by atoms with Crippen molar-refractivity contribution in [2.75, 3.05) is 0 Å². The van der Waals surface area contributed by atoms with Gasteiger partial charge in [-0.15, -0.1) is 0 Å². The van der Waals surface area contributed by atoms with Crippen LogP contribution in [0.25, 0.3) is 0 Å². The largest absolute Gasteiger partial charge is 0.303 e. The van der Waals surface area contributed by atoms with E-state index < -0.39 is 0 Å². The molecular weight excluding hydrogens is 196 g/mol. The van der Waals surface area contributed by atoms with Gasteiger partial charge in [-0.1, -0.05) is 57.0 Å². The summed E-state index contributed by atoms with van der Waals surface area (Å²) < 4.78 is 0. The SMILES string of the molecule is CCCCC(C)(CC=O)Cc1ccccc1. The van der Waals surface area contributed by atoms with Crippen LogP contribution in [0, 0.1) is 5.41 Å². The fourth-order valence-electron chi connectivity index (χ4n) is 2.16. The van der Waals surface area contributed by atoms with Gasteiger partial charge in [-0.25, -0.2) is 0 Å². The zero-order valence-corrected chi connectivity index (χ0v) is 10.4. The second-order valence-electron chi connectivity index (χ2n) is 4.95. The molecule has 1 atom stereocenters. The van der Waals surface area contributed by atoms with Crippen LogP contribution in [-0.4, -0.2) is 6.29 Å². The van der Waals surface area contributed by atoms with Crippen molar-refractivity contribution in [3.63, 3.8) is 0 Å². The molecule has 88 valence electrons. The molecule has 0 aromatic heterocycles. The Morgan fingerprint density at radius 2 is 1.94 bits per heavy atom. The summed E-state index contributed by atoms with van der Waals surface area (Å²) in [6.07, 6.45) is 6.28.